The van der Waals surface area contributed by atoms with Crippen molar-refractivity contribution in [3.05, 3.63) is 48.0 Å². The van der Waals surface area contributed by atoms with Gasteiger partial charge < -0.3 is 19.7 Å². The molecule has 0 aromatic heterocycles. The van der Waals surface area contributed by atoms with Crippen LogP contribution in [0.3, 0.4) is 0 Å². The quantitative estimate of drug-likeness (QED) is 0.807. The number of carbonyl (C=O) groups is 2. The summed E-state index contributed by atoms with van der Waals surface area (Å²) in [6.07, 6.45) is 1.99. The molecule has 2 aromatic rings. The van der Waals surface area contributed by atoms with E-state index in [0.29, 0.717) is 12.3 Å². The molecular weight excluding hydrogens is 388 g/mol. The third-order valence-corrected chi connectivity index (χ3v) is 6.71. The number of benzene rings is 2. The van der Waals surface area contributed by atoms with Crippen LogP contribution < -0.4 is 14.8 Å². The second-order valence-corrected chi connectivity index (χ2v) is 8.39. The van der Waals surface area contributed by atoms with Crippen molar-refractivity contribution in [3.63, 3.8) is 0 Å². The number of likely N-dealkylation sites (tertiary alicyclic amines) is 1. The molecule has 7 heteroatoms. The fraction of sp³-hybridized carbons (Fsp3) is 0.364. The number of anilines is 1. The first-order valence-corrected chi connectivity index (χ1v) is 10.6. The van der Waals surface area contributed by atoms with Gasteiger partial charge in [0.1, 0.15) is 11.5 Å². The molecule has 6 nitrogen and oxygen atoms in total. The van der Waals surface area contributed by atoms with E-state index in [-0.39, 0.29) is 24.3 Å². The molecule has 0 aliphatic carbocycles. The van der Waals surface area contributed by atoms with E-state index in [1.165, 1.54) is 11.8 Å². The molecule has 0 spiro atoms. The lowest BCUT2D eigenvalue weighted by Gasteiger charge is -2.29. The van der Waals surface area contributed by atoms with Crippen LogP contribution in [0.5, 0.6) is 11.5 Å². The smallest absolute Gasteiger partial charge is 0.238 e. The first kappa shape index (κ1) is 19.6. The van der Waals surface area contributed by atoms with E-state index in [2.05, 4.69) is 5.32 Å². The van der Waals surface area contributed by atoms with E-state index in [1.54, 1.807) is 14.2 Å². The van der Waals surface area contributed by atoms with E-state index in [1.807, 2.05) is 47.4 Å². The number of para-hydroxylation sites is 1. The van der Waals surface area contributed by atoms with Crippen molar-refractivity contribution < 1.29 is 19.1 Å². The lowest BCUT2D eigenvalue weighted by molar-refractivity contribution is -0.133. The SMILES string of the molecule is COc1ccc([C@H]2CCCN2C(=O)C[C@H]2Sc3ccccc3NC2=O)c(OC)c1. The van der Waals surface area contributed by atoms with Gasteiger partial charge in [-0.15, -0.1) is 11.8 Å². The lowest BCUT2D eigenvalue weighted by atomic mass is 10.0. The minimum atomic E-state index is -0.420. The van der Waals surface area contributed by atoms with Crippen LogP contribution in [0.25, 0.3) is 0 Å². The molecule has 0 radical (unpaired) electrons. The minimum Gasteiger partial charge on any atom is -0.497 e. The van der Waals surface area contributed by atoms with Gasteiger partial charge in [0.25, 0.3) is 0 Å². The van der Waals surface area contributed by atoms with E-state index in [9.17, 15) is 9.59 Å². The number of carbonyl (C=O) groups excluding carboxylic acids is 2. The number of thioether (sulfide) groups is 1. The zero-order valence-electron chi connectivity index (χ0n) is 16.5. The summed E-state index contributed by atoms with van der Waals surface area (Å²) in [6.45, 7) is 0.689. The molecule has 1 fully saturated rings. The summed E-state index contributed by atoms with van der Waals surface area (Å²) in [5.74, 6) is 1.32. The summed E-state index contributed by atoms with van der Waals surface area (Å²) in [4.78, 5) is 28.5. The van der Waals surface area contributed by atoms with Crippen LogP contribution in [0.2, 0.25) is 0 Å². The van der Waals surface area contributed by atoms with Crippen molar-refractivity contribution in [2.24, 2.45) is 0 Å². The topological polar surface area (TPSA) is 67.9 Å². The van der Waals surface area contributed by atoms with Crippen molar-refractivity contribution in [2.75, 3.05) is 26.1 Å². The van der Waals surface area contributed by atoms with E-state index in [4.69, 9.17) is 9.47 Å². The largest absolute Gasteiger partial charge is 0.497 e. The van der Waals surface area contributed by atoms with E-state index >= 15 is 0 Å². The zero-order valence-corrected chi connectivity index (χ0v) is 17.3. The average Bonchev–Trinajstić information content (AvgIpc) is 3.23. The summed E-state index contributed by atoms with van der Waals surface area (Å²) in [5, 5.41) is 2.50. The van der Waals surface area contributed by atoms with Gasteiger partial charge in [0, 0.05) is 29.5 Å². The number of ether oxygens (including phenoxy) is 2. The Morgan fingerprint density at radius 1 is 1.21 bits per heavy atom. The van der Waals surface area contributed by atoms with Gasteiger partial charge in [-0.1, -0.05) is 12.1 Å². The predicted molar refractivity (Wildman–Crippen MR) is 113 cm³/mol. The van der Waals surface area contributed by atoms with Crippen LogP contribution in [0.1, 0.15) is 30.9 Å². The molecule has 0 bridgehead atoms. The Kier molecular flexibility index (Phi) is 5.67. The van der Waals surface area contributed by atoms with Crippen molar-refractivity contribution in [1.29, 1.82) is 0 Å². The summed E-state index contributed by atoms with van der Waals surface area (Å²) >= 11 is 1.46. The molecule has 29 heavy (non-hydrogen) atoms. The highest BCUT2D eigenvalue weighted by atomic mass is 32.2. The minimum absolute atomic E-state index is 0.00241. The number of nitrogens with zero attached hydrogens (tertiary/aromatic N) is 1. The Morgan fingerprint density at radius 2 is 2.03 bits per heavy atom. The van der Waals surface area contributed by atoms with Gasteiger partial charge in [-0.2, -0.15) is 0 Å². The number of amides is 2. The van der Waals surface area contributed by atoms with E-state index in [0.717, 1.165) is 34.7 Å². The molecule has 2 amide bonds. The molecule has 2 aliphatic rings. The van der Waals surface area contributed by atoms with Gasteiger partial charge >= 0.3 is 0 Å². The Labute approximate surface area is 174 Å². The molecule has 2 aromatic carbocycles. The molecule has 2 aliphatic heterocycles. The predicted octanol–water partition coefficient (Wildman–Crippen LogP) is 3.87. The third kappa shape index (κ3) is 3.92. The highest BCUT2D eigenvalue weighted by Gasteiger charge is 2.36. The Balaban J connectivity index is 1.51. The van der Waals surface area contributed by atoms with Gasteiger partial charge in [-0.3, -0.25) is 9.59 Å². The van der Waals surface area contributed by atoms with Crippen LogP contribution in [-0.4, -0.2) is 42.7 Å². The average molecular weight is 413 g/mol. The third-order valence-electron chi connectivity index (χ3n) is 5.44. The van der Waals surface area contributed by atoms with Crippen LogP contribution in [0, 0.1) is 0 Å². The van der Waals surface area contributed by atoms with Crippen molar-refractivity contribution in [3.8, 4) is 11.5 Å². The molecule has 0 unspecified atom stereocenters. The van der Waals surface area contributed by atoms with Crippen LogP contribution in [0.4, 0.5) is 5.69 Å². The first-order valence-electron chi connectivity index (χ1n) is 9.68. The molecule has 152 valence electrons. The Hall–Kier alpha value is -2.67. The normalized spacial score (nSPS) is 20.8. The fourth-order valence-electron chi connectivity index (χ4n) is 3.99. The molecule has 0 saturated carbocycles. The first-order chi connectivity index (χ1) is 14.1. The number of rotatable bonds is 5. The van der Waals surface area contributed by atoms with Crippen molar-refractivity contribution in [2.45, 2.75) is 35.4 Å². The molecular formula is C22H24N2O4S. The molecule has 4 rings (SSSR count). The Bertz CT molecular complexity index is 933. The number of methoxy groups -OCH3 is 2. The van der Waals surface area contributed by atoms with Gasteiger partial charge in [-0.05, 0) is 37.1 Å². The zero-order chi connectivity index (χ0) is 20.4. The van der Waals surface area contributed by atoms with Crippen LogP contribution in [-0.2, 0) is 9.59 Å². The van der Waals surface area contributed by atoms with Crippen molar-refractivity contribution >= 4 is 29.3 Å². The van der Waals surface area contributed by atoms with Crippen molar-refractivity contribution in [1.82, 2.24) is 4.90 Å². The number of fused-ring (bicyclic) bond motifs is 1. The second kappa shape index (κ2) is 8.37. The second-order valence-electron chi connectivity index (χ2n) is 7.15. The number of hydrogen-bond donors (Lipinski definition) is 1. The van der Waals surface area contributed by atoms with Gasteiger partial charge in [0.15, 0.2) is 0 Å². The Morgan fingerprint density at radius 3 is 2.83 bits per heavy atom. The standard InChI is InChI=1S/C22H24N2O4S/c1-27-14-9-10-15(18(12-14)28-2)17-7-5-11-24(17)21(25)13-20-22(26)23-16-6-3-4-8-19(16)29-20/h3-4,6,8-10,12,17,20H,5,7,11,13H2,1-2H3,(H,23,26)/t17-,20-/m1/s1. The highest BCUT2D eigenvalue weighted by molar-refractivity contribution is 8.01. The monoisotopic (exact) mass is 412 g/mol. The summed E-state index contributed by atoms with van der Waals surface area (Å²) in [7, 11) is 3.24. The maximum Gasteiger partial charge on any atom is 0.238 e. The summed E-state index contributed by atoms with van der Waals surface area (Å²) in [5.41, 5.74) is 1.79. The summed E-state index contributed by atoms with van der Waals surface area (Å²) < 4.78 is 10.8. The van der Waals surface area contributed by atoms with Crippen LogP contribution in [0.15, 0.2) is 47.4 Å². The number of hydrogen-bond acceptors (Lipinski definition) is 5. The fourth-order valence-corrected chi connectivity index (χ4v) is 5.09. The highest BCUT2D eigenvalue weighted by Crippen LogP contribution is 2.41. The number of nitrogens with one attached hydrogen (secondary N) is 1. The molecule has 2 atom stereocenters. The van der Waals surface area contributed by atoms with E-state index < -0.39 is 5.25 Å². The lowest BCUT2D eigenvalue weighted by Crippen LogP contribution is -2.37. The van der Waals surface area contributed by atoms with Gasteiger partial charge in [0.2, 0.25) is 11.8 Å². The molecule has 1 saturated heterocycles. The maximum absolute atomic E-state index is 13.1. The molecule has 1 N–H and O–H groups in total. The maximum atomic E-state index is 13.1. The van der Waals surface area contributed by atoms with Gasteiger partial charge in [0.05, 0.1) is 31.2 Å². The summed E-state index contributed by atoms with van der Waals surface area (Å²) in [6, 6.07) is 13.3. The molecule has 2 heterocycles. The van der Waals surface area contributed by atoms with Gasteiger partial charge in [-0.25, -0.2) is 0 Å². The van der Waals surface area contributed by atoms with Crippen LogP contribution >= 0.6 is 11.8 Å².